The molecule has 0 aliphatic carbocycles. The minimum absolute atomic E-state index is 0.240. The van der Waals surface area contributed by atoms with E-state index in [1.54, 1.807) is 17.6 Å². The first kappa shape index (κ1) is 9.89. The van der Waals surface area contributed by atoms with Crippen LogP contribution < -0.4 is 5.73 Å². The summed E-state index contributed by atoms with van der Waals surface area (Å²) >= 11 is 2.78. The predicted octanol–water partition coefficient (Wildman–Crippen LogP) is 1.54. The van der Waals surface area contributed by atoms with Gasteiger partial charge in [-0.05, 0) is 23.9 Å². The van der Waals surface area contributed by atoms with E-state index in [-0.39, 0.29) is 5.69 Å². The second-order valence-corrected chi connectivity index (χ2v) is 4.61. The summed E-state index contributed by atoms with van der Waals surface area (Å²) in [5, 5.41) is 17.0. The zero-order valence-electron chi connectivity index (χ0n) is 7.41. The van der Waals surface area contributed by atoms with Gasteiger partial charge in [0, 0.05) is 0 Å². The maximum atomic E-state index is 8.74. The van der Waals surface area contributed by atoms with Crippen LogP contribution in [0.25, 0.3) is 0 Å². The first-order valence-electron chi connectivity index (χ1n) is 3.90. The molecule has 0 saturated carbocycles. The lowest BCUT2D eigenvalue weighted by Gasteiger charge is -1.99. The van der Waals surface area contributed by atoms with Gasteiger partial charge in [-0.1, -0.05) is 11.3 Å². The van der Waals surface area contributed by atoms with Crippen LogP contribution in [0.15, 0.2) is 27.0 Å². The number of nitrogen functional groups attached to an aromatic ring is 1. The molecule has 2 N–H and O–H groups in total. The Morgan fingerprint density at radius 3 is 3.00 bits per heavy atom. The first-order valence-corrected chi connectivity index (χ1v) is 5.60. The normalized spacial score (nSPS) is 9.80. The molecule has 0 aromatic carbocycles. The van der Waals surface area contributed by atoms with E-state index in [1.807, 2.05) is 6.07 Å². The molecule has 2 aromatic heterocycles. The number of rotatable bonds is 2. The Balaban J connectivity index is 2.27. The number of nitrogens with zero attached hydrogens (tertiary/aromatic N) is 4. The van der Waals surface area contributed by atoms with Gasteiger partial charge in [-0.25, -0.2) is 4.98 Å². The van der Waals surface area contributed by atoms with Crippen molar-refractivity contribution in [3.8, 4) is 6.07 Å². The molecule has 0 radical (unpaired) electrons. The number of nitrogens with two attached hydrogens (primary N) is 1. The molecular weight excluding hydrogens is 230 g/mol. The smallest absolute Gasteiger partial charge is 0.180 e. The molecule has 7 heteroatoms. The van der Waals surface area contributed by atoms with Crippen molar-refractivity contribution in [1.82, 2.24) is 15.2 Å². The van der Waals surface area contributed by atoms with Gasteiger partial charge in [-0.3, -0.25) is 0 Å². The Labute approximate surface area is 94.0 Å². The predicted molar refractivity (Wildman–Crippen MR) is 57.4 cm³/mol. The number of anilines is 1. The molecule has 0 amide bonds. The van der Waals surface area contributed by atoms with Gasteiger partial charge in [0.15, 0.2) is 10.0 Å². The maximum absolute atomic E-state index is 8.74. The van der Waals surface area contributed by atoms with E-state index in [1.165, 1.54) is 23.1 Å². The minimum Gasteiger partial charge on any atom is -0.396 e. The summed E-state index contributed by atoms with van der Waals surface area (Å²) < 4.78 is 0.788. The van der Waals surface area contributed by atoms with E-state index in [4.69, 9.17) is 11.0 Å². The standard InChI is InChI=1S/C8H5N5S2/c9-3-6-5(10)1-2-7(12-6)15-8-13-11-4-14-8/h1-2,4H,10H2. The third-order valence-electron chi connectivity index (χ3n) is 1.54. The number of hydrogen-bond acceptors (Lipinski definition) is 7. The number of hydrogen-bond donors (Lipinski definition) is 1. The van der Waals surface area contributed by atoms with Crippen molar-refractivity contribution in [3.05, 3.63) is 23.3 Å². The van der Waals surface area contributed by atoms with Crippen LogP contribution in [-0.2, 0) is 0 Å². The Bertz CT molecular complexity index is 502. The van der Waals surface area contributed by atoms with Crippen LogP contribution in [0.3, 0.4) is 0 Å². The molecule has 2 aromatic rings. The monoisotopic (exact) mass is 235 g/mol. The average Bonchev–Trinajstić information content (AvgIpc) is 2.73. The van der Waals surface area contributed by atoms with Crippen LogP contribution in [0.5, 0.6) is 0 Å². The zero-order valence-corrected chi connectivity index (χ0v) is 9.05. The summed E-state index contributed by atoms with van der Waals surface area (Å²) in [7, 11) is 0. The van der Waals surface area contributed by atoms with Crippen molar-refractivity contribution in [3.63, 3.8) is 0 Å². The van der Waals surface area contributed by atoms with Crippen LogP contribution in [0.2, 0.25) is 0 Å². The van der Waals surface area contributed by atoms with E-state index < -0.39 is 0 Å². The fourth-order valence-electron chi connectivity index (χ4n) is 0.895. The molecule has 0 saturated heterocycles. The SMILES string of the molecule is N#Cc1nc(Sc2nncs2)ccc1N. The highest BCUT2D eigenvalue weighted by Gasteiger charge is 2.05. The first-order chi connectivity index (χ1) is 7.29. The number of pyridine rings is 1. The molecule has 74 valence electrons. The highest BCUT2D eigenvalue weighted by atomic mass is 32.2. The van der Waals surface area contributed by atoms with Crippen molar-refractivity contribution in [1.29, 1.82) is 5.26 Å². The van der Waals surface area contributed by atoms with E-state index in [0.29, 0.717) is 10.7 Å². The van der Waals surface area contributed by atoms with Gasteiger partial charge in [0.25, 0.3) is 0 Å². The molecule has 0 unspecified atom stereocenters. The van der Waals surface area contributed by atoms with Crippen LogP contribution >= 0.6 is 23.1 Å². The topological polar surface area (TPSA) is 88.5 Å². The van der Waals surface area contributed by atoms with E-state index in [0.717, 1.165) is 4.34 Å². The summed E-state index contributed by atoms with van der Waals surface area (Å²) in [6.07, 6.45) is 0. The van der Waals surface area contributed by atoms with Gasteiger partial charge in [-0.2, -0.15) is 5.26 Å². The molecule has 0 spiro atoms. The van der Waals surface area contributed by atoms with Gasteiger partial charge in [0.1, 0.15) is 16.6 Å². The summed E-state index contributed by atoms with van der Waals surface area (Å²) in [5.74, 6) is 0. The molecular formula is C8H5N5S2. The quantitative estimate of drug-likeness (QED) is 0.849. The minimum atomic E-state index is 0.240. The molecule has 2 heterocycles. The summed E-state index contributed by atoms with van der Waals surface area (Å²) in [4.78, 5) is 4.08. The van der Waals surface area contributed by atoms with E-state index in [9.17, 15) is 0 Å². The molecule has 5 nitrogen and oxygen atoms in total. The van der Waals surface area contributed by atoms with Gasteiger partial charge in [0.05, 0.1) is 5.69 Å². The van der Waals surface area contributed by atoms with E-state index in [2.05, 4.69) is 15.2 Å². The Morgan fingerprint density at radius 1 is 1.47 bits per heavy atom. The lowest BCUT2D eigenvalue weighted by molar-refractivity contribution is 1.00. The van der Waals surface area contributed by atoms with Gasteiger partial charge >= 0.3 is 0 Å². The maximum Gasteiger partial charge on any atom is 0.180 e. The van der Waals surface area contributed by atoms with Crippen molar-refractivity contribution in [2.24, 2.45) is 0 Å². The molecule has 0 aliphatic rings. The lowest BCUT2D eigenvalue weighted by Crippen LogP contribution is -1.94. The fraction of sp³-hybridized carbons (Fsp3) is 0. The largest absolute Gasteiger partial charge is 0.396 e. The second-order valence-electron chi connectivity index (χ2n) is 2.51. The third-order valence-corrected chi connectivity index (χ3v) is 3.25. The highest BCUT2D eigenvalue weighted by Crippen LogP contribution is 2.27. The number of nitriles is 1. The van der Waals surface area contributed by atoms with Gasteiger partial charge in [-0.15, -0.1) is 10.2 Å². The van der Waals surface area contributed by atoms with Crippen molar-refractivity contribution in [2.75, 3.05) is 5.73 Å². The highest BCUT2D eigenvalue weighted by molar-refractivity contribution is 8.00. The van der Waals surface area contributed by atoms with Gasteiger partial charge in [0.2, 0.25) is 0 Å². The summed E-state index contributed by atoms with van der Waals surface area (Å²) in [6.45, 7) is 0. The molecule has 0 fully saturated rings. The molecule has 0 atom stereocenters. The second kappa shape index (κ2) is 4.25. The van der Waals surface area contributed by atoms with E-state index >= 15 is 0 Å². The zero-order chi connectivity index (χ0) is 10.7. The third kappa shape index (κ3) is 2.23. The fourth-order valence-corrected chi connectivity index (χ4v) is 2.29. The molecule has 0 aliphatic heterocycles. The Hall–Kier alpha value is -1.65. The van der Waals surface area contributed by atoms with Crippen LogP contribution in [0.1, 0.15) is 5.69 Å². The van der Waals surface area contributed by atoms with Crippen molar-refractivity contribution < 1.29 is 0 Å². The molecule has 2 rings (SSSR count). The Morgan fingerprint density at radius 2 is 2.33 bits per heavy atom. The lowest BCUT2D eigenvalue weighted by atomic mass is 10.3. The average molecular weight is 235 g/mol. The van der Waals surface area contributed by atoms with Gasteiger partial charge < -0.3 is 5.73 Å². The van der Waals surface area contributed by atoms with Crippen LogP contribution in [-0.4, -0.2) is 15.2 Å². The summed E-state index contributed by atoms with van der Waals surface area (Å²) in [6, 6.07) is 5.35. The molecule has 0 bridgehead atoms. The molecule has 15 heavy (non-hydrogen) atoms. The van der Waals surface area contributed by atoms with Crippen molar-refractivity contribution >= 4 is 28.8 Å². The number of aromatic nitrogens is 3. The van der Waals surface area contributed by atoms with Crippen LogP contribution in [0.4, 0.5) is 5.69 Å². The van der Waals surface area contributed by atoms with Crippen molar-refractivity contribution in [2.45, 2.75) is 9.37 Å². The summed E-state index contributed by atoms with van der Waals surface area (Å²) in [5.41, 5.74) is 7.83. The Kier molecular flexibility index (Phi) is 2.80. The van der Waals surface area contributed by atoms with Crippen LogP contribution in [0, 0.1) is 11.3 Å².